The maximum atomic E-state index is 12.7. The minimum atomic E-state index is -1.67. The standard InChI is InChI=1S/C14H12BrNO4/c1-20-11-7-9(15)3-4-10(11)12(17)14(13(18)19)5-2-6-16-8-14/h2-7H,8H2,1H3,(H,18,19). The van der Waals surface area contributed by atoms with E-state index in [9.17, 15) is 14.7 Å². The summed E-state index contributed by atoms with van der Waals surface area (Å²) in [5.74, 6) is -1.43. The molecule has 0 amide bonds. The molecule has 0 saturated heterocycles. The van der Waals surface area contributed by atoms with Gasteiger partial charge >= 0.3 is 5.97 Å². The number of nitrogens with zero attached hydrogens (tertiary/aromatic N) is 1. The number of carbonyl (C=O) groups excluding carboxylic acids is 1. The monoisotopic (exact) mass is 337 g/mol. The lowest BCUT2D eigenvalue weighted by Crippen LogP contribution is -2.41. The Morgan fingerprint density at radius 3 is 2.75 bits per heavy atom. The minimum absolute atomic E-state index is 0.114. The van der Waals surface area contributed by atoms with Crippen LogP contribution in [-0.4, -0.2) is 36.7 Å². The highest BCUT2D eigenvalue weighted by molar-refractivity contribution is 9.10. The average molecular weight is 338 g/mol. The van der Waals surface area contributed by atoms with Crippen LogP contribution in [0.1, 0.15) is 10.4 Å². The molecule has 6 heteroatoms. The molecule has 0 bridgehead atoms. The maximum absolute atomic E-state index is 12.7. The summed E-state index contributed by atoms with van der Waals surface area (Å²) in [6, 6.07) is 4.84. The largest absolute Gasteiger partial charge is 0.496 e. The SMILES string of the molecule is COc1cc(Br)ccc1C(=O)C1(C(=O)O)C=CC=NC1. The summed E-state index contributed by atoms with van der Waals surface area (Å²) in [5.41, 5.74) is -1.45. The van der Waals surface area contributed by atoms with Crippen molar-refractivity contribution in [2.75, 3.05) is 13.7 Å². The molecule has 0 spiro atoms. The van der Waals surface area contributed by atoms with E-state index < -0.39 is 17.2 Å². The first-order chi connectivity index (χ1) is 9.51. The van der Waals surface area contributed by atoms with Gasteiger partial charge in [-0.25, -0.2) is 0 Å². The number of carboxylic acids is 1. The van der Waals surface area contributed by atoms with Gasteiger partial charge < -0.3 is 9.84 Å². The van der Waals surface area contributed by atoms with Crippen molar-refractivity contribution in [3.8, 4) is 5.75 Å². The van der Waals surface area contributed by atoms with Crippen molar-refractivity contribution in [3.63, 3.8) is 0 Å². The fraction of sp³-hybridized carbons (Fsp3) is 0.214. The van der Waals surface area contributed by atoms with Crippen molar-refractivity contribution in [3.05, 3.63) is 40.4 Å². The molecule has 2 rings (SSSR count). The molecule has 104 valence electrons. The number of benzene rings is 1. The Morgan fingerprint density at radius 1 is 1.45 bits per heavy atom. The average Bonchev–Trinajstić information content (AvgIpc) is 2.46. The van der Waals surface area contributed by atoms with Gasteiger partial charge in [-0.15, -0.1) is 0 Å². The zero-order valence-electron chi connectivity index (χ0n) is 10.7. The van der Waals surface area contributed by atoms with Crippen LogP contribution in [0.5, 0.6) is 5.75 Å². The van der Waals surface area contributed by atoms with Gasteiger partial charge in [0.15, 0.2) is 11.2 Å². The molecule has 5 nitrogen and oxygen atoms in total. The molecular weight excluding hydrogens is 326 g/mol. The summed E-state index contributed by atoms with van der Waals surface area (Å²) >= 11 is 3.28. The van der Waals surface area contributed by atoms with E-state index >= 15 is 0 Å². The molecule has 1 atom stereocenters. The highest BCUT2D eigenvalue weighted by Crippen LogP contribution is 2.33. The van der Waals surface area contributed by atoms with Gasteiger partial charge in [-0.3, -0.25) is 14.6 Å². The molecular formula is C14H12BrNO4. The van der Waals surface area contributed by atoms with Gasteiger partial charge in [-0.05, 0) is 24.3 Å². The number of hydrogen-bond acceptors (Lipinski definition) is 4. The number of aliphatic imine (C=N–C) groups is 1. The molecule has 20 heavy (non-hydrogen) atoms. The molecule has 1 unspecified atom stereocenters. The van der Waals surface area contributed by atoms with Crippen molar-refractivity contribution < 1.29 is 19.4 Å². The zero-order valence-corrected chi connectivity index (χ0v) is 12.3. The lowest BCUT2D eigenvalue weighted by Gasteiger charge is -2.25. The van der Waals surface area contributed by atoms with E-state index in [4.69, 9.17) is 4.74 Å². The fourth-order valence-corrected chi connectivity index (χ4v) is 2.33. The third kappa shape index (κ3) is 2.38. The number of rotatable bonds is 4. The number of aliphatic carboxylic acids is 1. The topological polar surface area (TPSA) is 76.0 Å². The Morgan fingerprint density at radius 2 is 2.20 bits per heavy atom. The number of hydrogen-bond donors (Lipinski definition) is 1. The second kappa shape index (κ2) is 5.58. The molecule has 0 aliphatic carbocycles. The van der Waals surface area contributed by atoms with Crippen LogP contribution in [0.15, 0.2) is 39.8 Å². The molecule has 1 aromatic rings. The normalized spacial score (nSPS) is 20.7. The quantitative estimate of drug-likeness (QED) is 0.675. The van der Waals surface area contributed by atoms with Crippen LogP contribution >= 0.6 is 15.9 Å². The lowest BCUT2D eigenvalue weighted by molar-refractivity contribution is -0.143. The van der Waals surface area contributed by atoms with Gasteiger partial charge in [-0.2, -0.15) is 0 Å². The van der Waals surface area contributed by atoms with E-state index in [-0.39, 0.29) is 12.1 Å². The number of halogens is 1. The number of Topliss-reactive ketones (excluding diaryl/α,β-unsaturated/α-hetero) is 1. The first kappa shape index (κ1) is 14.5. The Labute approximate surface area is 124 Å². The molecule has 1 heterocycles. The number of dihydropyridines is 1. The minimum Gasteiger partial charge on any atom is -0.496 e. The highest BCUT2D eigenvalue weighted by atomic mass is 79.9. The van der Waals surface area contributed by atoms with Crippen LogP contribution < -0.4 is 4.74 Å². The molecule has 1 aromatic carbocycles. The molecule has 0 radical (unpaired) electrons. The van der Waals surface area contributed by atoms with Gasteiger partial charge in [-0.1, -0.05) is 22.0 Å². The summed E-state index contributed by atoms with van der Waals surface area (Å²) in [6.07, 6.45) is 4.32. The smallest absolute Gasteiger partial charge is 0.323 e. The summed E-state index contributed by atoms with van der Waals surface area (Å²) in [4.78, 5) is 28.1. The van der Waals surface area contributed by atoms with Crippen molar-refractivity contribution >= 4 is 33.9 Å². The molecule has 0 saturated carbocycles. The van der Waals surface area contributed by atoms with Crippen LogP contribution in [0, 0.1) is 5.41 Å². The third-order valence-electron chi connectivity index (χ3n) is 3.11. The first-order valence-electron chi connectivity index (χ1n) is 5.80. The Kier molecular flexibility index (Phi) is 4.04. The Hall–Kier alpha value is -1.95. The molecule has 0 fully saturated rings. The maximum Gasteiger partial charge on any atom is 0.323 e. The highest BCUT2D eigenvalue weighted by Gasteiger charge is 2.45. The van der Waals surface area contributed by atoms with E-state index in [1.54, 1.807) is 18.2 Å². The van der Waals surface area contributed by atoms with E-state index in [0.29, 0.717) is 5.75 Å². The number of carboxylic acid groups (broad SMARTS) is 1. The summed E-state index contributed by atoms with van der Waals surface area (Å²) in [6.45, 7) is -0.114. The Balaban J connectivity index is 2.51. The number of carbonyl (C=O) groups is 2. The van der Waals surface area contributed by atoms with Gasteiger partial charge in [0.1, 0.15) is 5.75 Å². The molecule has 1 aliphatic rings. The summed E-state index contributed by atoms with van der Waals surface area (Å²) < 4.78 is 5.90. The number of methoxy groups -OCH3 is 1. The lowest BCUT2D eigenvalue weighted by atomic mass is 9.79. The zero-order chi connectivity index (χ0) is 14.8. The van der Waals surface area contributed by atoms with Crippen LogP contribution in [0.2, 0.25) is 0 Å². The van der Waals surface area contributed by atoms with E-state index in [1.807, 2.05) is 0 Å². The van der Waals surface area contributed by atoms with E-state index in [2.05, 4.69) is 20.9 Å². The number of ether oxygens (including phenoxy) is 1. The van der Waals surface area contributed by atoms with Crippen molar-refractivity contribution in [2.24, 2.45) is 10.4 Å². The fourth-order valence-electron chi connectivity index (χ4n) is 1.99. The van der Waals surface area contributed by atoms with Gasteiger partial charge in [0, 0.05) is 10.7 Å². The van der Waals surface area contributed by atoms with Crippen LogP contribution in [0.25, 0.3) is 0 Å². The van der Waals surface area contributed by atoms with Crippen LogP contribution in [0.4, 0.5) is 0 Å². The van der Waals surface area contributed by atoms with Gasteiger partial charge in [0.25, 0.3) is 0 Å². The number of ketones is 1. The van der Waals surface area contributed by atoms with Gasteiger partial charge in [0.05, 0.1) is 19.2 Å². The van der Waals surface area contributed by atoms with Crippen LogP contribution in [-0.2, 0) is 4.79 Å². The predicted molar refractivity (Wildman–Crippen MR) is 77.6 cm³/mol. The Bertz CT molecular complexity index is 624. The van der Waals surface area contributed by atoms with Gasteiger partial charge in [0.2, 0.25) is 0 Å². The molecule has 1 N–H and O–H groups in total. The van der Waals surface area contributed by atoms with E-state index in [0.717, 1.165) is 4.47 Å². The van der Waals surface area contributed by atoms with Crippen molar-refractivity contribution in [1.82, 2.24) is 0 Å². The van der Waals surface area contributed by atoms with Crippen molar-refractivity contribution in [1.29, 1.82) is 0 Å². The second-order valence-electron chi connectivity index (χ2n) is 4.30. The van der Waals surface area contributed by atoms with Crippen molar-refractivity contribution in [2.45, 2.75) is 0 Å². The van der Waals surface area contributed by atoms with E-state index in [1.165, 1.54) is 25.5 Å². The number of allylic oxidation sites excluding steroid dienone is 1. The predicted octanol–water partition coefficient (Wildman–Crippen LogP) is 2.35. The van der Waals surface area contributed by atoms with Crippen LogP contribution in [0.3, 0.4) is 0 Å². The molecule has 0 aromatic heterocycles. The third-order valence-corrected chi connectivity index (χ3v) is 3.60. The summed E-state index contributed by atoms with van der Waals surface area (Å²) in [5, 5.41) is 9.44. The molecule has 1 aliphatic heterocycles. The first-order valence-corrected chi connectivity index (χ1v) is 6.60. The summed E-state index contributed by atoms with van der Waals surface area (Å²) in [7, 11) is 1.43. The second-order valence-corrected chi connectivity index (χ2v) is 5.21.